The number of rotatable bonds is 4. The smallest absolute Gasteiger partial charge is 0.192 e. The highest BCUT2D eigenvalue weighted by Crippen LogP contribution is 2.42. The Labute approximate surface area is 130 Å². The van der Waals surface area contributed by atoms with Crippen molar-refractivity contribution in [3.63, 3.8) is 0 Å². The average Bonchev–Trinajstić information content (AvgIpc) is 2.52. The van der Waals surface area contributed by atoms with Gasteiger partial charge < -0.3 is 4.74 Å². The molecule has 0 aromatic heterocycles. The van der Waals surface area contributed by atoms with Crippen LogP contribution in [-0.2, 0) is 14.7 Å². The third-order valence-electron chi connectivity index (χ3n) is 3.84. The Hall–Kier alpha value is -2.47. The maximum absolute atomic E-state index is 8.47. The van der Waals surface area contributed by atoms with Crippen LogP contribution in [0.2, 0.25) is 0 Å². The van der Waals surface area contributed by atoms with E-state index in [0.717, 1.165) is 0 Å². The van der Waals surface area contributed by atoms with Crippen LogP contribution in [0.4, 0.5) is 0 Å². The number of nitrogens with one attached hydrogen (secondary N) is 1. The normalized spacial score (nSPS) is 34.1. The van der Waals surface area contributed by atoms with Gasteiger partial charge in [0.05, 0.1) is 17.7 Å². The lowest BCUT2D eigenvalue weighted by Crippen LogP contribution is -2.54. The number of methoxy groups -OCH3 is 1. The molecular weight excluding hydrogens is 310 g/mol. The number of ether oxygens (including phenoxy) is 1. The van der Waals surface area contributed by atoms with Gasteiger partial charge in [0.1, 0.15) is 11.1 Å². The molecule has 0 bridgehead atoms. The number of hydrogen-bond acceptors (Lipinski definition) is 11. The van der Waals surface area contributed by atoms with Crippen LogP contribution in [0.5, 0.6) is 0 Å². The number of amidine groups is 2. The van der Waals surface area contributed by atoms with Crippen LogP contribution in [0.3, 0.4) is 0 Å². The summed E-state index contributed by atoms with van der Waals surface area (Å²) < 4.78 is 5.20. The van der Waals surface area contributed by atoms with Gasteiger partial charge in [-0.15, -0.1) is 10.2 Å². The van der Waals surface area contributed by atoms with Gasteiger partial charge in [-0.3, -0.25) is 5.41 Å². The fourth-order valence-electron chi connectivity index (χ4n) is 2.82. The molecule has 23 heavy (non-hydrogen) atoms. The monoisotopic (exact) mass is 327 g/mol. The van der Waals surface area contributed by atoms with E-state index in [1.807, 2.05) is 6.92 Å². The maximum atomic E-state index is 8.47. The fraction of sp³-hybridized carbons (Fsp3) is 0.727. The first-order valence-electron chi connectivity index (χ1n) is 6.67. The topological polar surface area (TPSA) is 166 Å². The SMILES string of the molecule is COC1=NC2=NC(=N)C(C)(N=NOO)CC2(N=NOO)CC1C. The molecule has 12 nitrogen and oxygen atoms in total. The molecule has 2 rings (SSSR count). The summed E-state index contributed by atoms with van der Waals surface area (Å²) in [6.45, 7) is 3.46. The van der Waals surface area contributed by atoms with Crippen LogP contribution in [0, 0.1) is 11.3 Å². The van der Waals surface area contributed by atoms with Gasteiger partial charge in [0.2, 0.25) is 0 Å². The summed E-state index contributed by atoms with van der Waals surface area (Å²) in [6.07, 6.45) is 0.506. The molecule has 3 unspecified atom stereocenters. The molecule has 0 radical (unpaired) electrons. The van der Waals surface area contributed by atoms with Gasteiger partial charge in [0.25, 0.3) is 0 Å². The molecule has 3 atom stereocenters. The second kappa shape index (κ2) is 6.34. The van der Waals surface area contributed by atoms with Crippen LogP contribution in [-0.4, -0.2) is 46.3 Å². The predicted molar refractivity (Wildman–Crippen MR) is 76.3 cm³/mol. The zero-order valence-electron chi connectivity index (χ0n) is 12.8. The van der Waals surface area contributed by atoms with Gasteiger partial charge in [-0.25, -0.2) is 15.0 Å². The van der Waals surface area contributed by atoms with Crippen LogP contribution >= 0.6 is 0 Å². The largest absolute Gasteiger partial charge is 0.484 e. The Bertz CT molecular complexity index is 604. The number of hydrogen-bond donors (Lipinski definition) is 3. The molecule has 3 N–H and O–H groups in total. The minimum atomic E-state index is -1.22. The van der Waals surface area contributed by atoms with E-state index < -0.39 is 11.1 Å². The summed E-state index contributed by atoms with van der Waals surface area (Å²) in [4.78, 5) is 15.7. The van der Waals surface area contributed by atoms with Gasteiger partial charge in [-0.05, 0) is 13.3 Å². The van der Waals surface area contributed by atoms with Gasteiger partial charge in [0.15, 0.2) is 17.6 Å². The minimum Gasteiger partial charge on any atom is -0.484 e. The molecule has 0 aliphatic carbocycles. The zero-order chi connectivity index (χ0) is 17.1. The maximum Gasteiger partial charge on any atom is 0.192 e. The first-order valence-corrected chi connectivity index (χ1v) is 6.67. The Balaban J connectivity index is 2.54. The summed E-state index contributed by atoms with van der Waals surface area (Å²) in [5.41, 5.74) is -2.31. The van der Waals surface area contributed by atoms with E-state index in [-0.39, 0.29) is 24.0 Å². The van der Waals surface area contributed by atoms with Crippen molar-refractivity contribution in [2.75, 3.05) is 7.11 Å². The fourth-order valence-corrected chi connectivity index (χ4v) is 2.82. The molecule has 0 saturated carbocycles. The van der Waals surface area contributed by atoms with Crippen molar-refractivity contribution in [3.05, 3.63) is 0 Å². The van der Waals surface area contributed by atoms with Crippen molar-refractivity contribution in [2.45, 2.75) is 37.8 Å². The Morgan fingerprint density at radius 1 is 1.22 bits per heavy atom. The summed E-state index contributed by atoms with van der Waals surface area (Å²) in [7, 11) is 1.49. The van der Waals surface area contributed by atoms with Gasteiger partial charge >= 0.3 is 0 Å². The highest BCUT2D eigenvalue weighted by atomic mass is 17.2. The van der Waals surface area contributed by atoms with E-state index in [1.165, 1.54) is 7.11 Å². The van der Waals surface area contributed by atoms with Gasteiger partial charge in [0, 0.05) is 12.3 Å². The molecular formula is C11H17N7O5. The van der Waals surface area contributed by atoms with Crippen LogP contribution in [0.1, 0.15) is 26.7 Å². The first-order chi connectivity index (χ1) is 10.9. The van der Waals surface area contributed by atoms with Crippen LogP contribution < -0.4 is 0 Å². The molecule has 12 heteroatoms. The molecule has 0 amide bonds. The van der Waals surface area contributed by atoms with Crippen molar-refractivity contribution < 1.29 is 25.2 Å². The molecule has 2 heterocycles. The summed E-state index contributed by atoms with van der Waals surface area (Å²) in [5.74, 6) is 0.406. The first kappa shape index (κ1) is 16.9. The lowest BCUT2D eigenvalue weighted by molar-refractivity contribution is -0.253. The van der Waals surface area contributed by atoms with E-state index in [2.05, 4.69) is 40.7 Å². The third-order valence-corrected chi connectivity index (χ3v) is 3.84. The minimum absolute atomic E-state index is 0.112. The van der Waals surface area contributed by atoms with Crippen molar-refractivity contribution in [3.8, 4) is 0 Å². The molecule has 0 aromatic rings. The molecule has 2 aliphatic heterocycles. The van der Waals surface area contributed by atoms with Crippen LogP contribution in [0.25, 0.3) is 0 Å². The molecule has 0 fully saturated rings. The van der Waals surface area contributed by atoms with E-state index in [0.29, 0.717) is 12.3 Å². The van der Waals surface area contributed by atoms with Crippen molar-refractivity contribution in [2.24, 2.45) is 36.7 Å². The van der Waals surface area contributed by atoms with E-state index in [1.54, 1.807) is 6.92 Å². The van der Waals surface area contributed by atoms with E-state index >= 15 is 0 Å². The lowest BCUT2D eigenvalue weighted by atomic mass is 9.73. The summed E-state index contributed by atoms with van der Waals surface area (Å²) >= 11 is 0. The van der Waals surface area contributed by atoms with Gasteiger partial charge in [-0.1, -0.05) is 6.92 Å². The lowest BCUT2D eigenvalue weighted by Gasteiger charge is -2.41. The number of aliphatic imine (C=N–C) groups is 2. The molecule has 2 aliphatic rings. The molecule has 0 saturated heterocycles. The second-order valence-corrected chi connectivity index (χ2v) is 5.55. The van der Waals surface area contributed by atoms with Crippen LogP contribution in [0.15, 0.2) is 30.8 Å². The van der Waals surface area contributed by atoms with Gasteiger partial charge in [-0.2, -0.15) is 15.5 Å². The average molecular weight is 327 g/mol. The van der Waals surface area contributed by atoms with Crippen molar-refractivity contribution >= 4 is 17.6 Å². The highest BCUT2D eigenvalue weighted by Gasteiger charge is 2.53. The number of fused-ring (bicyclic) bond motifs is 1. The Morgan fingerprint density at radius 3 is 2.48 bits per heavy atom. The number of nitrogens with zero attached hydrogens (tertiary/aromatic N) is 6. The molecule has 126 valence electrons. The van der Waals surface area contributed by atoms with E-state index in [4.69, 9.17) is 20.7 Å². The molecule has 0 spiro atoms. The Morgan fingerprint density at radius 2 is 1.87 bits per heavy atom. The zero-order valence-corrected chi connectivity index (χ0v) is 12.8. The predicted octanol–water partition coefficient (Wildman–Crippen LogP) is 2.06. The summed E-state index contributed by atoms with van der Waals surface area (Å²) in [6, 6.07) is 0. The molecule has 0 aromatic carbocycles. The summed E-state index contributed by atoms with van der Waals surface area (Å²) in [5, 5.41) is 38.9. The quantitative estimate of drug-likeness (QED) is 0.407. The third kappa shape index (κ3) is 3.03. The highest BCUT2D eigenvalue weighted by molar-refractivity contribution is 6.12. The van der Waals surface area contributed by atoms with E-state index in [9.17, 15) is 0 Å². The Kier molecular flexibility index (Phi) is 4.65. The standard InChI is InChI=1S/C11H17N7O5/c1-6-4-11(16-18-23-20)5-10(2,15-17-22-19)8(12)14-9(11)13-7(6)21-3/h6,12,19-20H,4-5H2,1-3H3. The van der Waals surface area contributed by atoms with Crippen molar-refractivity contribution in [1.29, 1.82) is 5.41 Å². The second-order valence-electron chi connectivity index (χ2n) is 5.55. The van der Waals surface area contributed by atoms with Crippen molar-refractivity contribution in [1.82, 2.24) is 0 Å².